The van der Waals surface area contributed by atoms with Crippen LogP contribution in [0.3, 0.4) is 0 Å². The van der Waals surface area contributed by atoms with Crippen molar-refractivity contribution in [2.24, 2.45) is 0 Å². The lowest BCUT2D eigenvalue weighted by Crippen LogP contribution is -2.31. The Bertz CT molecular complexity index is 734. The Hall–Kier alpha value is -1.58. The quantitative estimate of drug-likeness (QED) is 0.525. The normalized spacial score (nSPS) is 10.7. The molecule has 0 aliphatic heterocycles. The number of amides is 2. The zero-order chi connectivity index (χ0) is 18.2. The minimum atomic E-state index is -0.253. The van der Waals surface area contributed by atoms with E-state index in [1.54, 1.807) is 23.9 Å². The molecule has 0 radical (unpaired) electrons. The zero-order valence-corrected chi connectivity index (χ0v) is 16.7. The van der Waals surface area contributed by atoms with Crippen LogP contribution < -0.4 is 10.6 Å². The molecule has 2 N–H and O–H groups in total. The molecule has 0 atom stereocenters. The van der Waals surface area contributed by atoms with Gasteiger partial charge in [0.25, 0.3) is 5.91 Å². The molecule has 0 aliphatic rings. The average molecular weight is 397 g/mol. The molecular formula is C16H20N4O2S3. The van der Waals surface area contributed by atoms with E-state index >= 15 is 0 Å². The van der Waals surface area contributed by atoms with Crippen molar-refractivity contribution in [3.63, 3.8) is 0 Å². The Kier molecular flexibility index (Phi) is 7.73. The monoisotopic (exact) mass is 396 g/mol. The summed E-state index contributed by atoms with van der Waals surface area (Å²) in [6.45, 7) is 5.86. The van der Waals surface area contributed by atoms with Gasteiger partial charge in [-0.1, -0.05) is 42.2 Å². The average Bonchev–Trinajstić information content (AvgIpc) is 3.00. The van der Waals surface area contributed by atoms with Gasteiger partial charge in [0, 0.05) is 10.9 Å². The first-order chi connectivity index (χ1) is 12.0. The van der Waals surface area contributed by atoms with Crippen LogP contribution in [0.25, 0.3) is 0 Å². The van der Waals surface area contributed by atoms with Crippen molar-refractivity contribution in [1.82, 2.24) is 15.5 Å². The van der Waals surface area contributed by atoms with Crippen LogP contribution in [0.2, 0.25) is 0 Å². The summed E-state index contributed by atoms with van der Waals surface area (Å²) in [6.07, 6.45) is 0. The van der Waals surface area contributed by atoms with Crippen LogP contribution in [0.5, 0.6) is 0 Å². The predicted molar refractivity (Wildman–Crippen MR) is 105 cm³/mol. The van der Waals surface area contributed by atoms with Crippen LogP contribution in [0.4, 0.5) is 5.13 Å². The number of hydrogen-bond donors (Lipinski definition) is 2. The van der Waals surface area contributed by atoms with Gasteiger partial charge in [0.15, 0.2) is 4.34 Å². The molecule has 1 aromatic heterocycles. The van der Waals surface area contributed by atoms with Crippen LogP contribution >= 0.6 is 34.9 Å². The van der Waals surface area contributed by atoms with Gasteiger partial charge >= 0.3 is 0 Å². The number of carbonyl (C=O) groups excluding carboxylic acids is 2. The highest BCUT2D eigenvalue weighted by molar-refractivity contribution is 8.01. The summed E-state index contributed by atoms with van der Waals surface area (Å²) in [4.78, 5) is 25.1. The summed E-state index contributed by atoms with van der Waals surface area (Å²) in [6, 6.07) is 7.31. The number of carbonyl (C=O) groups is 2. The molecule has 0 aliphatic carbocycles. The molecule has 2 aromatic rings. The van der Waals surface area contributed by atoms with E-state index in [9.17, 15) is 9.59 Å². The number of nitrogens with one attached hydrogen (secondary N) is 2. The van der Waals surface area contributed by atoms with E-state index in [0.717, 1.165) is 15.0 Å². The summed E-state index contributed by atoms with van der Waals surface area (Å²) in [5.74, 6) is 0.858. The second-order valence-corrected chi connectivity index (χ2v) is 8.77. The van der Waals surface area contributed by atoms with Crippen molar-refractivity contribution in [3.8, 4) is 0 Å². The highest BCUT2D eigenvalue weighted by Crippen LogP contribution is 2.27. The van der Waals surface area contributed by atoms with E-state index in [1.165, 1.54) is 23.1 Å². The predicted octanol–water partition coefficient (Wildman–Crippen LogP) is 3.52. The third kappa shape index (κ3) is 6.33. The molecule has 0 saturated carbocycles. The standard InChI is InChI=1S/C16H20N4O2S3/c1-4-23-16-20-19-15(25-16)18-14(22)11-7-5-6-8-12(11)24-9-13(21)17-10(2)3/h5-8,10H,4,9H2,1-3H3,(H,17,21)(H,18,19,22). The Morgan fingerprint density at radius 2 is 1.96 bits per heavy atom. The van der Waals surface area contributed by atoms with Crippen molar-refractivity contribution in [1.29, 1.82) is 0 Å². The summed E-state index contributed by atoms with van der Waals surface area (Å²) < 4.78 is 0.825. The van der Waals surface area contributed by atoms with Crippen LogP contribution in [0.15, 0.2) is 33.5 Å². The van der Waals surface area contributed by atoms with Gasteiger partial charge in [-0.2, -0.15) is 0 Å². The van der Waals surface area contributed by atoms with Crippen LogP contribution in [0.1, 0.15) is 31.1 Å². The van der Waals surface area contributed by atoms with Gasteiger partial charge in [-0.05, 0) is 31.7 Å². The molecule has 9 heteroatoms. The van der Waals surface area contributed by atoms with E-state index in [-0.39, 0.29) is 23.6 Å². The highest BCUT2D eigenvalue weighted by atomic mass is 32.2. The van der Waals surface area contributed by atoms with Crippen LogP contribution in [0, 0.1) is 0 Å². The van der Waals surface area contributed by atoms with Crippen LogP contribution in [-0.4, -0.2) is 39.6 Å². The Balaban J connectivity index is 2.02. The smallest absolute Gasteiger partial charge is 0.258 e. The van der Waals surface area contributed by atoms with Gasteiger partial charge in [-0.25, -0.2) is 0 Å². The molecule has 0 unspecified atom stereocenters. The van der Waals surface area contributed by atoms with Gasteiger partial charge < -0.3 is 5.32 Å². The van der Waals surface area contributed by atoms with Crippen molar-refractivity contribution >= 4 is 51.8 Å². The first kappa shape index (κ1) is 19.7. The third-order valence-corrected chi connectivity index (χ3v) is 5.76. The van der Waals surface area contributed by atoms with Crippen LogP contribution in [-0.2, 0) is 4.79 Å². The Labute approximate surface area is 159 Å². The topological polar surface area (TPSA) is 84.0 Å². The number of benzene rings is 1. The lowest BCUT2D eigenvalue weighted by Gasteiger charge is -2.10. The molecule has 0 bridgehead atoms. The van der Waals surface area contributed by atoms with E-state index in [2.05, 4.69) is 20.8 Å². The maximum atomic E-state index is 12.5. The molecular weight excluding hydrogens is 376 g/mol. The molecule has 1 heterocycles. The molecule has 134 valence electrons. The lowest BCUT2D eigenvalue weighted by molar-refractivity contribution is -0.119. The van der Waals surface area contributed by atoms with E-state index < -0.39 is 0 Å². The van der Waals surface area contributed by atoms with Crippen molar-refractivity contribution in [2.45, 2.75) is 36.0 Å². The maximum Gasteiger partial charge on any atom is 0.258 e. The van der Waals surface area contributed by atoms with Gasteiger partial charge in [0.2, 0.25) is 11.0 Å². The largest absolute Gasteiger partial charge is 0.353 e. The summed E-state index contributed by atoms with van der Waals surface area (Å²) in [7, 11) is 0. The second kappa shape index (κ2) is 9.79. The summed E-state index contributed by atoms with van der Waals surface area (Å²) >= 11 is 4.27. The fraction of sp³-hybridized carbons (Fsp3) is 0.375. The number of aromatic nitrogens is 2. The second-order valence-electron chi connectivity index (χ2n) is 5.27. The molecule has 0 spiro atoms. The molecule has 2 amide bonds. The highest BCUT2D eigenvalue weighted by Gasteiger charge is 2.15. The number of thioether (sulfide) groups is 2. The molecule has 6 nitrogen and oxygen atoms in total. The van der Waals surface area contributed by atoms with Gasteiger partial charge in [-0.15, -0.1) is 22.0 Å². The molecule has 1 aromatic carbocycles. The van der Waals surface area contributed by atoms with Gasteiger partial charge in [0.1, 0.15) is 0 Å². The van der Waals surface area contributed by atoms with Crippen molar-refractivity contribution in [2.75, 3.05) is 16.8 Å². The fourth-order valence-electron chi connectivity index (χ4n) is 1.89. The minimum absolute atomic E-state index is 0.0550. The minimum Gasteiger partial charge on any atom is -0.353 e. The first-order valence-corrected chi connectivity index (χ1v) is 10.6. The molecule has 2 rings (SSSR count). The lowest BCUT2D eigenvalue weighted by atomic mass is 10.2. The van der Waals surface area contributed by atoms with E-state index in [4.69, 9.17) is 0 Å². The Morgan fingerprint density at radius 3 is 2.68 bits per heavy atom. The van der Waals surface area contributed by atoms with Gasteiger partial charge in [0.05, 0.1) is 11.3 Å². The molecule has 25 heavy (non-hydrogen) atoms. The van der Waals surface area contributed by atoms with Crippen molar-refractivity contribution < 1.29 is 9.59 Å². The van der Waals surface area contributed by atoms with Crippen molar-refractivity contribution in [3.05, 3.63) is 29.8 Å². The molecule has 0 fully saturated rings. The number of anilines is 1. The third-order valence-electron chi connectivity index (χ3n) is 2.83. The van der Waals surface area contributed by atoms with E-state index in [0.29, 0.717) is 10.7 Å². The number of hydrogen-bond acceptors (Lipinski definition) is 7. The Morgan fingerprint density at radius 1 is 1.20 bits per heavy atom. The summed E-state index contributed by atoms with van der Waals surface area (Å²) in [5, 5.41) is 14.1. The first-order valence-electron chi connectivity index (χ1n) is 7.78. The number of rotatable bonds is 8. The molecule has 0 saturated heterocycles. The fourth-order valence-corrected chi connectivity index (χ4v) is 4.40. The zero-order valence-electron chi connectivity index (χ0n) is 14.2. The SMILES string of the molecule is CCSc1nnc(NC(=O)c2ccccc2SCC(=O)NC(C)C)s1. The van der Waals surface area contributed by atoms with Gasteiger partial charge in [-0.3, -0.25) is 14.9 Å². The number of nitrogens with zero attached hydrogens (tertiary/aromatic N) is 2. The van der Waals surface area contributed by atoms with E-state index in [1.807, 2.05) is 32.9 Å². The summed E-state index contributed by atoms with van der Waals surface area (Å²) in [5.41, 5.74) is 0.518. The maximum absolute atomic E-state index is 12.5.